The molecular weight excluding hydrogens is 344 g/mol. The zero-order chi connectivity index (χ0) is 18.6. The number of hydrogen-bond acceptors (Lipinski definition) is 5. The van der Waals surface area contributed by atoms with Gasteiger partial charge in [0.2, 0.25) is 5.91 Å². The Labute approximate surface area is 146 Å². The number of amides is 2. The topological polar surface area (TPSA) is 105 Å². The molecule has 0 bridgehead atoms. The van der Waals surface area contributed by atoms with Crippen LogP contribution in [0, 0.1) is 5.92 Å². The first-order valence-electron chi connectivity index (χ1n) is 7.64. The third-order valence-electron chi connectivity index (χ3n) is 3.51. The lowest BCUT2D eigenvalue weighted by atomic mass is 10.0. The molecule has 2 rings (SSSR count). The Balaban J connectivity index is 2.14. The van der Waals surface area contributed by atoms with Gasteiger partial charge in [-0.25, -0.2) is 8.42 Å². The summed E-state index contributed by atoms with van der Waals surface area (Å²) in [5.41, 5.74) is 0.339. The summed E-state index contributed by atoms with van der Waals surface area (Å²) in [4.78, 5) is 24.7. The van der Waals surface area contributed by atoms with Gasteiger partial charge < -0.3 is 15.1 Å². The van der Waals surface area contributed by atoms with Crippen LogP contribution in [-0.2, 0) is 14.6 Å². The minimum absolute atomic E-state index is 0.103. The molecule has 7 nitrogen and oxygen atoms in total. The van der Waals surface area contributed by atoms with E-state index in [0.717, 1.165) is 6.26 Å². The van der Waals surface area contributed by atoms with Gasteiger partial charge in [-0.2, -0.15) is 0 Å². The second-order valence-corrected chi connectivity index (χ2v) is 7.98. The molecule has 8 heteroatoms. The zero-order valence-electron chi connectivity index (χ0n) is 14.1. The van der Waals surface area contributed by atoms with Crippen molar-refractivity contribution in [3.05, 3.63) is 48.4 Å². The maximum absolute atomic E-state index is 12.5. The average Bonchev–Trinajstić information content (AvgIpc) is 3.06. The second-order valence-electron chi connectivity index (χ2n) is 5.96. The quantitative estimate of drug-likeness (QED) is 0.816. The van der Waals surface area contributed by atoms with Crippen LogP contribution in [-0.4, -0.2) is 32.5 Å². The third-order valence-corrected chi connectivity index (χ3v) is 4.62. The summed E-state index contributed by atoms with van der Waals surface area (Å²) < 4.78 is 28.2. The minimum Gasteiger partial charge on any atom is -0.459 e. The molecule has 2 aromatic rings. The predicted octanol–water partition coefficient (Wildman–Crippen LogP) is 2.08. The molecule has 2 N–H and O–H groups in total. The lowest BCUT2D eigenvalue weighted by molar-refractivity contribution is -0.118. The van der Waals surface area contributed by atoms with E-state index in [4.69, 9.17) is 4.42 Å². The van der Waals surface area contributed by atoms with Gasteiger partial charge in [0.15, 0.2) is 15.6 Å². The smallest absolute Gasteiger partial charge is 0.287 e. The first-order chi connectivity index (χ1) is 11.7. The largest absolute Gasteiger partial charge is 0.459 e. The van der Waals surface area contributed by atoms with Gasteiger partial charge in [0, 0.05) is 11.9 Å². The summed E-state index contributed by atoms with van der Waals surface area (Å²) in [6.45, 7) is 3.58. The molecule has 0 saturated carbocycles. The lowest BCUT2D eigenvalue weighted by Gasteiger charge is -2.21. The van der Waals surface area contributed by atoms with Gasteiger partial charge >= 0.3 is 0 Å². The summed E-state index contributed by atoms with van der Waals surface area (Å²) in [5.74, 6) is -1.01. The van der Waals surface area contributed by atoms with Gasteiger partial charge in [-0.05, 0) is 36.2 Å². The number of carbonyl (C=O) groups is 2. The lowest BCUT2D eigenvalue weighted by Crippen LogP contribution is -2.47. The normalized spacial score (nSPS) is 12.6. The van der Waals surface area contributed by atoms with Crippen LogP contribution in [0.25, 0.3) is 0 Å². The van der Waals surface area contributed by atoms with E-state index in [1.807, 2.05) is 0 Å². The highest BCUT2D eigenvalue weighted by Crippen LogP contribution is 2.16. The summed E-state index contributed by atoms with van der Waals surface area (Å²) in [5, 5.41) is 5.26. The van der Waals surface area contributed by atoms with E-state index in [-0.39, 0.29) is 16.6 Å². The van der Waals surface area contributed by atoms with Crippen LogP contribution in [0.15, 0.2) is 52.0 Å². The number of benzene rings is 1. The van der Waals surface area contributed by atoms with Crippen molar-refractivity contribution >= 4 is 27.3 Å². The fraction of sp³-hybridized carbons (Fsp3) is 0.294. The summed E-state index contributed by atoms with van der Waals surface area (Å²) >= 11 is 0. The Kier molecular flexibility index (Phi) is 5.63. The van der Waals surface area contributed by atoms with Crippen LogP contribution < -0.4 is 10.6 Å². The van der Waals surface area contributed by atoms with E-state index in [9.17, 15) is 18.0 Å². The van der Waals surface area contributed by atoms with Crippen LogP contribution in [0.3, 0.4) is 0 Å². The van der Waals surface area contributed by atoms with Crippen LogP contribution in [0.5, 0.6) is 0 Å². The zero-order valence-corrected chi connectivity index (χ0v) is 15.0. The van der Waals surface area contributed by atoms with Crippen molar-refractivity contribution in [3.63, 3.8) is 0 Å². The summed E-state index contributed by atoms with van der Waals surface area (Å²) in [7, 11) is -3.38. The molecule has 0 unspecified atom stereocenters. The van der Waals surface area contributed by atoms with E-state index in [1.165, 1.54) is 30.5 Å². The number of nitrogens with one attached hydrogen (secondary N) is 2. The van der Waals surface area contributed by atoms with E-state index >= 15 is 0 Å². The molecule has 0 aliphatic heterocycles. The van der Waals surface area contributed by atoms with Crippen LogP contribution >= 0.6 is 0 Å². The molecule has 1 heterocycles. The molecule has 0 aliphatic carbocycles. The standard InChI is InChI=1S/C17H20N2O5S/c1-11(2)15(19-16(20)14-8-5-9-24-14)17(21)18-12-6-4-7-13(10-12)25(3,22)23/h4-11,15H,1-3H3,(H,18,21)(H,19,20)/t15-/m0/s1. The van der Waals surface area contributed by atoms with Crippen LogP contribution in [0.4, 0.5) is 5.69 Å². The Hall–Kier alpha value is -2.61. The summed E-state index contributed by atoms with van der Waals surface area (Å²) in [6, 6.07) is 8.22. The highest BCUT2D eigenvalue weighted by atomic mass is 32.2. The van der Waals surface area contributed by atoms with Crippen LogP contribution in [0.2, 0.25) is 0 Å². The Bertz CT molecular complexity index is 857. The van der Waals surface area contributed by atoms with E-state index in [0.29, 0.717) is 5.69 Å². The molecule has 25 heavy (non-hydrogen) atoms. The monoisotopic (exact) mass is 364 g/mol. The SMILES string of the molecule is CC(C)[C@H](NC(=O)c1ccco1)C(=O)Nc1cccc(S(C)(=O)=O)c1. The fourth-order valence-electron chi connectivity index (χ4n) is 2.18. The molecule has 2 amide bonds. The van der Waals surface area contributed by atoms with Crippen molar-refractivity contribution in [2.24, 2.45) is 5.92 Å². The van der Waals surface area contributed by atoms with Gasteiger partial charge in [0.05, 0.1) is 11.2 Å². The van der Waals surface area contributed by atoms with Gasteiger partial charge in [0.25, 0.3) is 5.91 Å². The average molecular weight is 364 g/mol. The van der Waals surface area contributed by atoms with Crippen molar-refractivity contribution in [1.29, 1.82) is 0 Å². The van der Waals surface area contributed by atoms with Gasteiger partial charge in [-0.3, -0.25) is 9.59 Å². The van der Waals surface area contributed by atoms with E-state index in [1.54, 1.807) is 26.0 Å². The number of rotatable bonds is 6. The van der Waals surface area contributed by atoms with Crippen molar-refractivity contribution in [2.75, 3.05) is 11.6 Å². The first kappa shape index (κ1) is 18.7. The molecule has 0 radical (unpaired) electrons. The number of sulfone groups is 1. The molecule has 134 valence electrons. The van der Waals surface area contributed by atoms with E-state index < -0.39 is 27.7 Å². The van der Waals surface area contributed by atoms with Crippen LogP contribution in [0.1, 0.15) is 24.4 Å². The second kappa shape index (κ2) is 7.52. The molecule has 0 fully saturated rings. The minimum atomic E-state index is -3.38. The number of hydrogen-bond donors (Lipinski definition) is 2. The molecule has 0 aliphatic rings. The molecule has 1 aromatic heterocycles. The first-order valence-corrected chi connectivity index (χ1v) is 9.53. The molecular formula is C17H20N2O5S. The highest BCUT2D eigenvalue weighted by molar-refractivity contribution is 7.90. The fourth-order valence-corrected chi connectivity index (χ4v) is 2.85. The molecule has 1 aromatic carbocycles. The highest BCUT2D eigenvalue weighted by Gasteiger charge is 2.25. The van der Waals surface area contributed by atoms with Crippen molar-refractivity contribution in [1.82, 2.24) is 5.32 Å². The van der Waals surface area contributed by atoms with Crippen molar-refractivity contribution < 1.29 is 22.4 Å². The maximum Gasteiger partial charge on any atom is 0.287 e. The Morgan fingerprint density at radius 3 is 2.40 bits per heavy atom. The number of anilines is 1. The third kappa shape index (κ3) is 4.93. The van der Waals surface area contributed by atoms with Gasteiger partial charge in [0.1, 0.15) is 6.04 Å². The van der Waals surface area contributed by atoms with Crippen molar-refractivity contribution in [2.45, 2.75) is 24.8 Å². The molecule has 0 spiro atoms. The summed E-state index contributed by atoms with van der Waals surface area (Å²) in [6.07, 6.45) is 2.46. The Morgan fingerprint density at radius 1 is 1.12 bits per heavy atom. The van der Waals surface area contributed by atoms with Gasteiger partial charge in [-0.1, -0.05) is 19.9 Å². The predicted molar refractivity (Wildman–Crippen MR) is 93.0 cm³/mol. The number of furan rings is 1. The Morgan fingerprint density at radius 2 is 1.84 bits per heavy atom. The number of carbonyl (C=O) groups excluding carboxylic acids is 2. The maximum atomic E-state index is 12.5. The molecule has 1 atom stereocenters. The van der Waals surface area contributed by atoms with Crippen molar-refractivity contribution in [3.8, 4) is 0 Å². The van der Waals surface area contributed by atoms with Gasteiger partial charge in [-0.15, -0.1) is 0 Å². The van der Waals surface area contributed by atoms with E-state index in [2.05, 4.69) is 10.6 Å². The molecule has 0 saturated heterocycles.